The van der Waals surface area contributed by atoms with Crippen LogP contribution in [-0.2, 0) is 0 Å². The predicted molar refractivity (Wildman–Crippen MR) is 109 cm³/mol. The van der Waals surface area contributed by atoms with Gasteiger partial charge in [0.25, 0.3) is 5.91 Å². The first kappa shape index (κ1) is 18.5. The van der Waals surface area contributed by atoms with Crippen molar-refractivity contribution in [2.75, 3.05) is 32.1 Å². The fourth-order valence-electron chi connectivity index (χ4n) is 2.98. The van der Waals surface area contributed by atoms with E-state index in [0.717, 1.165) is 35.0 Å². The second-order valence-electron chi connectivity index (χ2n) is 6.76. The number of amides is 1. The van der Waals surface area contributed by atoms with E-state index in [1.165, 1.54) is 30.6 Å². The first-order valence-corrected chi connectivity index (χ1v) is 9.83. The van der Waals surface area contributed by atoms with Gasteiger partial charge < -0.3 is 15.1 Å². The Bertz CT molecular complexity index is 774. The molecule has 1 fully saturated rings. The highest BCUT2D eigenvalue weighted by molar-refractivity contribution is 7.17. The minimum Gasteiger partial charge on any atom is -0.378 e. The number of carbonyl (C=O) groups is 1. The van der Waals surface area contributed by atoms with Crippen LogP contribution >= 0.6 is 11.3 Å². The van der Waals surface area contributed by atoms with Crippen molar-refractivity contribution in [3.05, 3.63) is 47.2 Å². The molecule has 0 atom stereocenters. The van der Waals surface area contributed by atoms with Gasteiger partial charge in [-0.25, -0.2) is 4.98 Å². The summed E-state index contributed by atoms with van der Waals surface area (Å²) in [5.74, 6) is -0.0931. The van der Waals surface area contributed by atoms with Crippen molar-refractivity contribution in [1.82, 2.24) is 15.2 Å². The number of benzene rings is 1. The highest BCUT2D eigenvalue weighted by Gasteiger charge is 2.15. The number of piperidine rings is 1. The van der Waals surface area contributed by atoms with Gasteiger partial charge in [0.2, 0.25) is 0 Å². The Balaban J connectivity index is 1.67. The number of nitrogens with zero attached hydrogens (tertiary/aromatic N) is 3. The smallest absolute Gasteiger partial charge is 0.267 e. The zero-order valence-corrected chi connectivity index (χ0v) is 16.5. The first-order valence-electron chi connectivity index (χ1n) is 9.01. The van der Waals surface area contributed by atoms with Gasteiger partial charge >= 0.3 is 0 Å². The molecule has 1 aromatic heterocycles. The van der Waals surface area contributed by atoms with Crippen molar-refractivity contribution in [2.24, 2.45) is 0 Å². The van der Waals surface area contributed by atoms with Crippen LogP contribution in [0, 0.1) is 6.92 Å². The van der Waals surface area contributed by atoms with E-state index in [-0.39, 0.29) is 5.91 Å². The monoisotopic (exact) mass is 370 g/mol. The van der Waals surface area contributed by atoms with E-state index >= 15 is 0 Å². The van der Waals surface area contributed by atoms with Crippen LogP contribution in [-0.4, -0.2) is 43.0 Å². The lowest BCUT2D eigenvalue weighted by Gasteiger charge is -2.24. The number of anilines is 1. The van der Waals surface area contributed by atoms with Gasteiger partial charge in [-0.3, -0.25) is 4.79 Å². The normalized spacial score (nSPS) is 14.7. The van der Waals surface area contributed by atoms with Crippen LogP contribution in [0.15, 0.2) is 36.7 Å². The van der Waals surface area contributed by atoms with Gasteiger partial charge in [-0.2, -0.15) is 0 Å². The molecular formula is C20H26N4OS. The summed E-state index contributed by atoms with van der Waals surface area (Å²) < 4.78 is 0. The van der Waals surface area contributed by atoms with Gasteiger partial charge in [-0.15, -0.1) is 11.3 Å². The van der Waals surface area contributed by atoms with E-state index in [2.05, 4.69) is 32.2 Å². The maximum absolute atomic E-state index is 12.5. The molecule has 0 aliphatic carbocycles. The number of rotatable bonds is 5. The fourth-order valence-corrected chi connectivity index (χ4v) is 3.96. The largest absolute Gasteiger partial charge is 0.378 e. The van der Waals surface area contributed by atoms with Crippen LogP contribution in [0.4, 0.5) is 5.69 Å². The number of carbonyl (C=O) groups excluding carboxylic acids is 1. The number of aromatic nitrogens is 1. The Morgan fingerprint density at radius 1 is 1.19 bits per heavy atom. The molecule has 5 nitrogen and oxygen atoms in total. The zero-order valence-electron chi connectivity index (χ0n) is 15.7. The lowest BCUT2D eigenvalue weighted by molar-refractivity contribution is 0.0972. The molecule has 138 valence electrons. The molecule has 0 radical (unpaired) electrons. The van der Waals surface area contributed by atoms with E-state index in [1.807, 2.05) is 39.4 Å². The molecule has 0 saturated carbocycles. The summed E-state index contributed by atoms with van der Waals surface area (Å²) in [6, 6.07) is 8.22. The van der Waals surface area contributed by atoms with Gasteiger partial charge in [0, 0.05) is 50.8 Å². The van der Waals surface area contributed by atoms with E-state index in [9.17, 15) is 4.79 Å². The number of nitrogens with one attached hydrogen (secondary N) is 1. The predicted octanol–water partition coefficient (Wildman–Crippen LogP) is 3.87. The molecule has 2 aromatic rings. The highest BCUT2D eigenvalue weighted by atomic mass is 32.1. The minimum atomic E-state index is -0.0931. The summed E-state index contributed by atoms with van der Waals surface area (Å²) in [6.45, 7) is 4.02. The molecule has 3 rings (SSSR count). The maximum Gasteiger partial charge on any atom is 0.267 e. The van der Waals surface area contributed by atoms with Crippen LogP contribution in [0.2, 0.25) is 0 Å². The summed E-state index contributed by atoms with van der Waals surface area (Å²) in [7, 11) is 4.03. The van der Waals surface area contributed by atoms with Crippen molar-refractivity contribution < 1.29 is 4.79 Å². The van der Waals surface area contributed by atoms with Crippen LogP contribution in [0.25, 0.3) is 10.6 Å². The molecule has 0 spiro atoms. The molecule has 2 heterocycles. The highest BCUT2D eigenvalue weighted by Crippen LogP contribution is 2.29. The standard InChI is InChI=1S/C20H26N4OS/c1-15-18(19(25)21-11-14-24-12-5-4-6-13-24)26-20(22-15)16-7-9-17(10-8-16)23(2)3/h7-11,14H,4-6,12-13H2,1-3H3,(H,21,25)/b14-11-. The minimum absolute atomic E-state index is 0.0931. The fraction of sp³-hybridized carbons (Fsp3) is 0.400. The third-order valence-electron chi connectivity index (χ3n) is 4.52. The second kappa shape index (κ2) is 8.36. The number of thiazole rings is 1. The molecular weight excluding hydrogens is 344 g/mol. The van der Waals surface area contributed by atoms with Gasteiger partial charge in [-0.1, -0.05) is 0 Å². The quantitative estimate of drug-likeness (QED) is 0.868. The number of hydrogen-bond acceptors (Lipinski definition) is 5. The van der Waals surface area contributed by atoms with Gasteiger partial charge in [0.1, 0.15) is 9.88 Å². The number of aryl methyl sites for hydroxylation is 1. The summed E-state index contributed by atoms with van der Waals surface area (Å²) in [6.07, 6.45) is 7.48. The van der Waals surface area contributed by atoms with Gasteiger partial charge in [0.15, 0.2) is 0 Å². The SMILES string of the molecule is Cc1nc(-c2ccc(N(C)C)cc2)sc1C(=O)N/C=C\N1CCCCC1. The third-order valence-corrected chi connectivity index (χ3v) is 5.73. The Morgan fingerprint density at radius 3 is 2.54 bits per heavy atom. The van der Waals surface area contributed by atoms with Gasteiger partial charge in [0.05, 0.1) is 5.69 Å². The van der Waals surface area contributed by atoms with Crippen molar-refractivity contribution in [3.63, 3.8) is 0 Å². The van der Waals surface area contributed by atoms with Crippen LogP contribution in [0.5, 0.6) is 0 Å². The molecule has 1 amide bonds. The molecule has 0 bridgehead atoms. The van der Waals surface area contributed by atoms with E-state index < -0.39 is 0 Å². The Morgan fingerprint density at radius 2 is 1.88 bits per heavy atom. The summed E-state index contributed by atoms with van der Waals surface area (Å²) in [5.41, 5.74) is 2.94. The molecule has 1 aromatic carbocycles. The number of likely N-dealkylation sites (tertiary alicyclic amines) is 1. The van der Waals surface area contributed by atoms with E-state index in [0.29, 0.717) is 4.88 Å². The zero-order chi connectivity index (χ0) is 18.5. The van der Waals surface area contributed by atoms with Crippen molar-refractivity contribution >= 4 is 22.9 Å². The van der Waals surface area contributed by atoms with Gasteiger partial charge in [-0.05, 0) is 50.5 Å². The second-order valence-corrected chi connectivity index (χ2v) is 7.76. The lowest BCUT2D eigenvalue weighted by atomic mass is 10.1. The van der Waals surface area contributed by atoms with E-state index in [4.69, 9.17) is 0 Å². The molecule has 1 aliphatic heterocycles. The molecule has 1 N–H and O–H groups in total. The molecule has 1 saturated heterocycles. The van der Waals surface area contributed by atoms with Crippen molar-refractivity contribution in [1.29, 1.82) is 0 Å². The lowest BCUT2D eigenvalue weighted by Crippen LogP contribution is -2.25. The molecule has 0 unspecified atom stereocenters. The Labute approximate surface area is 159 Å². The van der Waals surface area contributed by atoms with Crippen molar-refractivity contribution in [2.45, 2.75) is 26.2 Å². The average molecular weight is 371 g/mol. The number of hydrogen-bond donors (Lipinski definition) is 1. The van der Waals surface area contributed by atoms with Crippen LogP contribution < -0.4 is 10.2 Å². The Kier molecular flexibility index (Phi) is 5.93. The maximum atomic E-state index is 12.5. The molecule has 6 heteroatoms. The van der Waals surface area contributed by atoms with Crippen LogP contribution in [0.3, 0.4) is 0 Å². The summed E-state index contributed by atoms with van der Waals surface area (Å²) in [5, 5.41) is 3.75. The summed E-state index contributed by atoms with van der Waals surface area (Å²) >= 11 is 1.44. The third kappa shape index (κ3) is 4.43. The molecule has 1 aliphatic rings. The average Bonchev–Trinajstić information content (AvgIpc) is 3.04. The van der Waals surface area contributed by atoms with Crippen LogP contribution in [0.1, 0.15) is 34.6 Å². The summed E-state index contributed by atoms with van der Waals surface area (Å²) in [4.78, 5) is 22.0. The molecule has 26 heavy (non-hydrogen) atoms. The first-order chi connectivity index (χ1) is 12.5. The van der Waals surface area contributed by atoms with E-state index in [1.54, 1.807) is 6.20 Å². The van der Waals surface area contributed by atoms with Crippen molar-refractivity contribution in [3.8, 4) is 10.6 Å². The Hall–Kier alpha value is -2.34. The topological polar surface area (TPSA) is 48.5 Å².